The maximum atomic E-state index is 12.1. The first kappa shape index (κ1) is 44.4. The van der Waals surface area contributed by atoms with E-state index in [1.165, 1.54) is 56.1 Å². The van der Waals surface area contributed by atoms with E-state index in [4.69, 9.17) is 37.9 Å². The molecule has 0 N–H and O–H groups in total. The van der Waals surface area contributed by atoms with Crippen molar-refractivity contribution < 1.29 is 57.1 Å². The molecule has 0 bridgehead atoms. The Morgan fingerprint density at radius 2 is 0.536 bits per heavy atom. The third kappa shape index (κ3) is 10.2. The van der Waals surface area contributed by atoms with Gasteiger partial charge in [-0.2, -0.15) is 0 Å². The molecule has 0 spiro atoms. The first-order valence-electron chi connectivity index (χ1n) is 18.2. The van der Waals surface area contributed by atoms with Gasteiger partial charge in [-0.3, -0.25) is 19.2 Å². The zero-order valence-electron chi connectivity index (χ0n) is 34.3. The highest BCUT2D eigenvalue weighted by Crippen LogP contribution is 2.48. The molecule has 0 aliphatic heterocycles. The van der Waals surface area contributed by atoms with Gasteiger partial charge in [0.1, 0.15) is 0 Å². The van der Waals surface area contributed by atoms with Crippen LogP contribution in [0, 0.1) is 0 Å². The fourth-order valence-electron chi connectivity index (χ4n) is 5.80. The van der Waals surface area contributed by atoms with Crippen LogP contribution in [0.3, 0.4) is 0 Å². The Morgan fingerprint density at radius 3 is 0.661 bits per heavy atom. The monoisotopic (exact) mass is 772 g/mol. The van der Waals surface area contributed by atoms with Crippen LogP contribution in [0.4, 0.5) is 0 Å². The fraction of sp³-hybridized carbons (Fsp3) is 0.364. The van der Waals surface area contributed by atoms with Crippen molar-refractivity contribution in [2.24, 2.45) is 0 Å². The van der Waals surface area contributed by atoms with Crippen LogP contribution in [-0.4, -0.2) is 78.0 Å². The molecule has 0 fully saturated rings. The number of rotatable bonds is 18. The van der Waals surface area contributed by atoms with Gasteiger partial charge in [0.2, 0.25) is 0 Å². The van der Waals surface area contributed by atoms with Gasteiger partial charge in [0, 0.05) is 44.5 Å². The summed E-state index contributed by atoms with van der Waals surface area (Å²) in [5.74, 6) is 3.14. The summed E-state index contributed by atoms with van der Waals surface area (Å²) in [6.07, 6.45) is 0. The lowest BCUT2D eigenvalue weighted by Gasteiger charge is -2.20. The van der Waals surface area contributed by atoms with Gasteiger partial charge >= 0.3 is 0 Å². The van der Waals surface area contributed by atoms with Crippen LogP contribution < -0.4 is 37.9 Å². The van der Waals surface area contributed by atoms with Crippen molar-refractivity contribution in [1.29, 1.82) is 0 Å². The molecule has 0 amide bonds. The predicted molar refractivity (Wildman–Crippen MR) is 215 cm³/mol. The summed E-state index contributed by atoms with van der Waals surface area (Å²) in [6.45, 7) is 15.0. The number of hydrogen-bond acceptors (Lipinski definition) is 12. The van der Waals surface area contributed by atoms with E-state index >= 15 is 0 Å². The second-order valence-electron chi connectivity index (χ2n) is 12.2. The van der Waals surface area contributed by atoms with Crippen LogP contribution in [0.2, 0.25) is 0 Å². The highest BCUT2D eigenvalue weighted by molar-refractivity contribution is 6.01. The second-order valence-corrected chi connectivity index (χ2v) is 12.2. The Morgan fingerprint density at radius 1 is 0.357 bits per heavy atom. The Labute approximate surface area is 328 Å². The van der Waals surface area contributed by atoms with E-state index in [-0.39, 0.29) is 23.1 Å². The number of carbonyl (C=O) groups is 4. The van der Waals surface area contributed by atoms with Crippen LogP contribution >= 0.6 is 0 Å². The summed E-state index contributed by atoms with van der Waals surface area (Å²) >= 11 is 0. The van der Waals surface area contributed by atoms with Crippen molar-refractivity contribution in [3.8, 4) is 68.2 Å². The number of hydrogen-bond donors (Lipinski definition) is 0. The third-order valence-electron chi connectivity index (χ3n) is 8.46. The number of Topliss-reactive ketones (excluding diaryl/α,β-unsaturated/α-hetero) is 4. The Balaban J connectivity index is 0.000000300. The van der Waals surface area contributed by atoms with Gasteiger partial charge < -0.3 is 37.9 Å². The van der Waals surface area contributed by atoms with Crippen LogP contribution in [0.1, 0.15) is 96.8 Å². The number of carbonyl (C=O) groups excluding carboxylic acids is 4. The zero-order chi connectivity index (χ0) is 41.7. The molecule has 56 heavy (non-hydrogen) atoms. The van der Waals surface area contributed by atoms with E-state index in [9.17, 15) is 19.2 Å². The first-order valence-corrected chi connectivity index (χ1v) is 18.2. The van der Waals surface area contributed by atoms with Crippen molar-refractivity contribution >= 4 is 23.1 Å². The van der Waals surface area contributed by atoms with Gasteiger partial charge in [-0.25, -0.2) is 0 Å². The number of ketones is 4. The lowest BCUT2D eigenvalue weighted by atomic mass is 9.95. The molecule has 4 rings (SSSR count). The van der Waals surface area contributed by atoms with Crippen LogP contribution in [0.5, 0.6) is 46.0 Å². The largest absolute Gasteiger partial charge is 0.493 e. The average molecular weight is 773 g/mol. The molecule has 0 aliphatic carbocycles. The topological polar surface area (TPSA) is 142 Å². The quantitative estimate of drug-likeness (QED) is 0.0890. The van der Waals surface area contributed by atoms with Crippen LogP contribution in [0.25, 0.3) is 22.3 Å². The average Bonchev–Trinajstić information content (AvgIpc) is 3.18. The molecule has 0 heterocycles. The Bertz CT molecular complexity index is 1770. The summed E-state index contributed by atoms with van der Waals surface area (Å²) in [7, 11) is 6.06. The number of methoxy groups -OCH3 is 4. The zero-order valence-corrected chi connectivity index (χ0v) is 34.3. The van der Waals surface area contributed by atoms with Gasteiger partial charge in [-0.15, -0.1) is 0 Å². The summed E-state index contributed by atoms with van der Waals surface area (Å²) < 4.78 is 45.2. The SMILES string of the molecule is CCOc1c(OC)cc(C(C)=O)cc1-c1cc(C(C)=O)cc(OC)c1OCC.CCOc1c(OC)cc(C(C)=O)cc1-c1cc(C(C)=O)cc(OC)c1OCC. The van der Waals surface area contributed by atoms with Crippen molar-refractivity contribution in [2.75, 3.05) is 54.9 Å². The van der Waals surface area contributed by atoms with Gasteiger partial charge in [-0.1, -0.05) is 0 Å². The van der Waals surface area contributed by atoms with Crippen molar-refractivity contribution in [3.63, 3.8) is 0 Å². The maximum absolute atomic E-state index is 12.1. The molecule has 0 aliphatic rings. The highest BCUT2D eigenvalue weighted by Gasteiger charge is 2.25. The van der Waals surface area contributed by atoms with Gasteiger partial charge in [0.15, 0.2) is 69.1 Å². The molecule has 0 saturated carbocycles. The van der Waals surface area contributed by atoms with E-state index in [1.807, 2.05) is 27.7 Å². The summed E-state index contributed by atoms with van der Waals surface area (Å²) in [6, 6.07) is 13.4. The van der Waals surface area contributed by atoms with E-state index in [0.29, 0.717) is 117 Å². The van der Waals surface area contributed by atoms with Crippen molar-refractivity contribution in [1.82, 2.24) is 0 Å². The summed E-state index contributed by atoms with van der Waals surface area (Å²) in [4.78, 5) is 48.3. The minimum atomic E-state index is -0.116. The normalized spacial score (nSPS) is 10.4. The van der Waals surface area contributed by atoms with Crippen LogP contribution in [0.15, 0.2) is 48.5 Å². The standard InChI is InChI=1S/2C22H26O6/c2*1-7-27-21-17(9-15(13(3)23)11-19(21)25-5)18-10-16(14(4)24)12-20(26-6)22(18)28-8-2/h2*9-12H,7-8H2,1-6H3. The molecule has 4 aromatic carbocycles. The van der Waals surface area contributed by atoms with E-state index in [0.717, 1.165) is 0 Å². The van der Waals surface area contributed by atoms with E-state index < -0.39 is 0 Å². The predicted octanol–water partition coefficient (Wildman–Crippen LogP) is 9.15. The summed E-state index contributed by atoms with van der Waals surface area (Å²) in [5.41, 5.74) is 4.23. The van der Waals surface area contributed by atoms with Crippen molar-refractivity contribution in [2.45, 2.75) is 55.4 Å². The van der Waals surface area contributed by atoms with Crippen molar-refractivity contribution in [3.05, 3.63) is 70.8 Å². The molecule has 0 aromatic heterocycles. The minimum absolute atomic E-state index is 0.116. The lowest BCUT2D eigenvalue weighted by Crippen LogP contribution is -2.05. The molecular formula is C44H52O12. The van der Waals surface area contributed by atoms with Gasteiger partial charge in [-0.05, 0) is 104 Å². The maximum Gasteiger partial charge on any atom is 0.169 e. The van der Waals surface area contributed by atoms with E-state index in [2.05, 4.69) is 0 Å². The lowest BCUT2D eigenvalue weighted by molar-refractivity contribution is 0.100. The smallest absolute Gasteiger partial charge is 0.169 e. The Hall–Kier alpha value is -6.04. The molecule has 300 valence electrons. The number of ether oxygens (including phenoxy) is 8. The fourth-order valence-corrected chi connectivity index (χ4v) is 5.80. The summed E-state index contributed by atoms with van der Waals surface area (Å²) in [5, 5.41) is 0. The van der Waals surface area contributed by atoms with Gasteiger partial charge in [0.25, 0.3) is 0 Å². The number of benzene rings is 4. The first-order chi connectivity index (χ1) is 26.7. The molecule has 4 aromatic rings. The van der Waals surface area contributed by atoms with Crippen LogP contribution in [-0.2, 0) is 0 Å². The molecule has 0 atom stereocenters. The molecule has 0 saturated heterocycles. The molecule has 0 radical (unpaired) electrons. The molecular weight excluding hydrogens is 720 g/mol. The third-order valence-corrected chi connectivity index (χ3v) is 8.46. The molecule has 12 heteroatoms. The molecule has 0 unspecified atom stereocenters. The highest BCUT2D eigenvalue weighted by atomic mass is 16.5. The minimum Gasteiger partial charge on any atom is -0.493 e. The second kappa shape index (κ2) is 20.6. The van der Waals surface area contributed by atoms with E-state index in [1.54, 1.807) is 48.5 Å². The van der Waals surface area contributed by atoms with Gasteiger partial charge in [0.05, 0.1) is 54.9 Å². The molecule has 12 nitrogen and oxygen atoms in total. The Kier molecular flexibility index (Phi) is 16.3.